The van der Waals surface area contributed by atoms with E-state index in [-0.39, 0.29) is 11.4 Å². The third-order valence-electron chi connectivity index (χ3n) is 4.10. The van der Waals surface area contributed by atoms with E-state index < -0.39 is 0 Å². The lowest BCUT2D eigenvalue weighted by atomic mass is 9.93. The summed E-state index contributed by atoms with van der Waals surface area (Å²) >= 11 is 0. The first-order valence-corrected chi connectivity index (χ1v) is 7.29. The minimum absolute atomic E-state index is 0.145. The molecule has 2 rings (SSSR count). The number of hydrogen-bond acceptors (Lipinski definition) is 3. The van der Waals surface area contributed by atoms with Gasteiger partial charge in [0.15, 0.2) is 0 Å². The molecule has 0 radical (unpaired) electrons. The third kappa shape index (κ3) is 3.78. The molecular weight excluding hydrogens is 253 g/mol. The Morgan fingerprint density at radius 1 is 1.40 bits per heavy atom. The topological polar surface area (TPSA) is 39.1 Å². The molecule has 1 N–H and O–H groups in total. The molecule has 0 atom stereocenters. The second kappa shape index (κ2) is 7.37. The van der Waals surface area contributed by atoms with Gasteiger partial charge in [0.1, 0.15) is 11.9 Å². The molecule has 1 aromatic carbocycles. The quantitative estimate of drug-likeness (QED) is 0.897. The molecule has 1 aliphatic rings. The molecule has 3 nitrogen and oxygen atoms in total. The SMILES string of the molecule is CNCCC1CCN(Cc2cccc(C#N)c2F)CC1. The summed E-state index contributed by atoms with van der Waals surface area (Å²) in [4.78, 5) is 2.29. The largest absolute Gasteiger partial charge is 0.320 e. The van der Waals surface area contributed by atoms with E-state index in [9.17, 15) is 4.39 Å². The number of hydrogen-bond donors (Lipinski definition) is 1. The van der Waals surface area contributed by atoms with Crippen molar-refractivity contribution in [2.75, 3.05) is 26.7 Å². The molecule has 0 unspecified atom stereocenters. The van der Waals surface area contributed by atoms with Crippen molar-refractivity contribution in [3.63, 3.8) is 0 Å². The molecule has 1 fully saturated rings. The highest BCUT2D eigenvalue weighted by molar-refractivity contribution is 5.34. The van der Waals surface area contributed by atoms with Gasteiger partial charge in [-0.2, -0.15) is 5.26 Å². The highest BCUT2D eigenvalue weighted by atomic mass is 19.1. The van der Waals surface area contributed by atoms with Gasteiger partial charge in [0, 0.05) is 12.1 Å². The molecule has 20 heavy (non-hydrogen) atoms. The van der Waals surface area contributed by atoms with Crippen LogP contribution in [0.25, 0.3) is 0 Å². The lowest BCUT2D eigenvalue weighted by Gasteiger charge is -2.32. The van der Waals surface area contributed by atoms with Crippen molar-refractivity contribution in [1.29, 1.82) is 5.26 Å². The van der Waals surface area contributed by atoms with Crippen molar-refractivity contribution in [2.45, 2.75) is 25.8 Å². The van der Waals surface area contributed by atoms with Crippen molar-refractivity contribution < 1.29 is 4.39 Å². The molecule has 1 heterocycles. The lowest BCUT2D eigenvalue weighted by Crippen LogP contribution is -2.34. The van der Waals surface area contributed by atoms with Crippen molar-refractivity contribution >= 4 is 0 Å². The van der Waals surface area contributed by atoms with Crippen molar-refractivity contribution in [3.8, 4) is 6.07 Å². The van der Waals surface area contributed by atoms with E-state index in [2.05, 4.69) is 10.2 Å². The first-order valence-electron chi connectivity index (χ1n) is 7.29. The first kappa shape index (κ1) is 15.0. The zero-order chi connectivity index (χ0) is 14.4. The van der Waals surface area contributed by atoms with Crippen LogP contribution in [-0.4, -0.2) is 31.6 Å². The Kier molecular flexibility index (Phi) is 5.51. The summed E-state index contributed by atoms with van der Waals surface area (Å²) in [6.07, 6.45) is 3.59. The van der Waals surface area contributed by atoms with Gasteiger partial charge in [-0.25, -0.2) is 4.39 Å². The predicted octanol–water partition coefficient (Wildman–Crippen LogP) is 2.52. The molecule has 1 aliphatic heterocycles. The minimum atomic E-state index is -0.354. The summed E-state index contributed by atoms with van der Waals surface area (Å²) in [6.45, 7) is 3.72. The zero-order valence-electron chi connectivity index (χ0n) is 12.0. The average Bonchev–Trinajstić information content (AvgIpc) is 2.48. The second-order valence-corrected chi connectivity index (χ2v) is 5.50. The Hall–Kier alpha value is -1.44. The number of nitrogens with zero attached hydrogens (tertiary/aromatic N) is 2. The Labute approximate surface area is 120 Å². The lowest BCUT2D eigenvalue weighted by molar-refractivity contribution is 0.170. The predicted molar refractivity (Wildman–Crippen MR) is 77.7 cm³/mol. The van der Waals surface area contributed by atoms with E-state index in [1.807, 2.05) is 13.1 Å². The minimum Gasteiger partial charge on any atom is -0.320 e. The fraction of sp³-hybridized carbons (Fsp3) is 0.562. The molecule has 0 amide bonds. The van der Waals surface area contributed by atoms with Crippen molar-refractivity contribution in [3.05, 3.63) is 35.1 Å². The molecule has 1 aromatic rings. The molecular formula is C16H22FN3. The molecule has 1 saturated heterocycles. The Balaban J connectivity index is 1.88. The summed E-state index contributed by atoms with van der Waals surface area (Å²) in [5, 5.41) is 12.0. The van der Waals surface area contributed by atoms with Crippen LogP contribution in [0.5, 0.6) is 0 Å². The Bertz CT molecular complexity index is 473. The molecule has 108 valence electrons. The monoisotopic (exact) mass is 275 g/mol. The molecule has 0 aliphatic carbocycles. The van der Waals surface area contributed by atoms with Gasteiger partial charge >= 0.3 is 0 Å². The van der Waals surface area contributed by atoms with Crippen LogP contribution in [0.3, 0.4) is 0 Å². The summed E-state index contributed by atoms with van der Waals surface area (Å²) < 4.78 is 14.0. The van der Waals surface area contributed by atoms with Crippen LogP contribution in [0.4, 0.5) is 4.39 Å². The van der Waals surface area contributed by atoms with Crippen LogP contribution in [0.15, 0.2) is 18.2 Å². The Morgan fingerprint density at radius 3 is 2.80 bits per heavy atom. The van der Waals surface area contributed by atoms with Gasteiger partial charge in [-0.3, -0.25) is 4.90 Å². The number of nitrogens with one attached hydrogen (secondary N) is 1. The van der Waals surface area contributed by atoms with Crippen LogP contribution in [0.2, 0.25) is 0 Å². The third-order valence-corrected chi connectivity index (χ3v) is 4.10. The maximum Gasteiger partial charge on any atom is 0.145 e. The number of likely N-dealkylation sites (tertiary alicyclic amines) is 1. The van der Waals surface area contributed by atoms with E-state index in [1.165, 1.54) is 25.3 Å². The molecule has 0 spiro atoms. The second-order valence-electron chi connectivity index (χ2n) is 5.50. The van der Waals surface area contributed by atoms with E-state index >= 15 is 0 Å². The average molecular weight is 275 g/mol. The van der Waals surface area contributed by atoms with E-state index in [0.717, 1.165) is 25.6 Å². The van der Waals surface area contributed by atoms with Gasteiger partial charge in [0.2, 0.25) is 0 Å². The van der Waals surface area contributed by atoms with E-state index in [4.69, 9.17) is 5.26 Å². The van der Waals surface area contributed by atoms with Gasteiger partial charge in [-0.15, -0.1) is 0 Å². The van der Waals surface area contributed by atoms with Gasteiger partial charge < -0.3 is 5.32 Å². The van der Waals surface area contributed by atoms with Gasteiger partial charge in [-0.1, -0.05) is 12.1 Å². The smallest absolute Gasteiger partial charge is 0.145 e. The normalized spacial score (nSPS) is 17.1. The number of rotatable bonds is 5. The zero-order valence-corrected chi connectivity index (χ0v) is 12.0. The van der Waals surface area contributed by atoms with Gasteiger partial charge in [0.25, 0.3) is 0 Å². The number of benzene rings is 1. The molecule has 4 heteroatoms. The van der Waals surface area contributed by atoms with E-state index in [0.29, 0.717) is 12.1 Å². The highest BCUT2D eigenvalue weighted by Crippen LogP contribution is 2.22. The fourth-order valence-electron chi connectivity index (χ4n) is 2.81. The summed E-state index contributed by atoms with van der Waals surface area (Å²) in [5.74, 6) is 0.432. The molecule has 0 bridgehead atoms. The van der Waals surface area contributed by atoms with Gasteiger partial charge in [0.05, 0.1) is 5.56 Å². The maximum absolute atomic E-state index is 14.0. The van der Waals surface area contributed by atoms with Crippen molar-refractivity contribution in [1.82, 2.24) is 10.2 Å². The van der Waals surface area contributed by atoms with Crippen LogP contribution in [0, 0.1) is 23.1 Å². The molecule has 0 saturated carbocycles. The Morgan fingerprint density at radius 2 is 2.15 bits per heavy atom. The maximum atomic E-state index is 14.0. The highest BCUT2D eigenvalue weighted by Gasteiger charge is 2.20. The van der Waals surface area contributed by atoms with Crippen LogP contribution < -0.4 is 5.32 Å². The number of piperidine rings is 1. The van der Waals surface area contributed by atoms with E-state index in [1.54, 1.807) is 12.1 Å². The standard InChI is InChI=1S/C16H22FN3/c1-19-8-5-13-6-9-20(10-7-13)12-15-4-2-3-14(11-18)16(15)17/h2-4,13,19H,5-10,12H2,1H3. The summed E-state index contributed by atoms with van der Waals surface area (Å²) in [5.41, 5.74) is 0.782. The summed E-state index contributed by atoms with van der Waals surface area (Å²) in [6, 6.07) is 6.97. The number of nitriles is 1. The fourth-order valence-corrected chi connectivity index (χ4v) is 2.81. The number of halogens is 1. The summed E-state index contributed by atoms with van der Waals surface area (Å²) in [7, 11) is 1.99. The van der Waals surface area contributed by atoms with Gasteiger partial charge in [-0.05, 0) is 57.9 Å². The van der Waals surface area contributed by atoms with Crippen LogP contribution in [0.1, 0.15) is 30.4 Å². The van der Waals surface area contributed by atoms with Crippen molar-refractivity contribution in [2.24, 2.45) is 5.92 Å². The molecule has 0 aromatic heterocycles. The van der Waals surface area contributed by atoms with Crippen LogP contribution in [-0.2, 0) is 6.54 Å². The van der Waals surface area contributed by atoms with Crippen LogP contribution >= 0.6 is 0 Å². The first-order chi connectivity index (χ1) is 9.74.